The number of thiophene rings is 1. The van der Waals surface area contributed by atoms with Crippen molar-refractivity contribution in [3.63, 3.8) is 0 Å². The Labute approximate surface area is 106 Å². The first kappa shape index (κ1) is 10.6. The summed E-state index contributed by atoms with van der Waals surface area (Å²) in [7, 11) is 0. The Bertz CT molecular complexity index is 633. The van der Waals surface area contributed by atoms with Gasteiger partial charge in [-0.2, -0.15) is 0 Å². The number of pyridine rings is 1. The molecule has 0 aliphatic heterocycles. The molecule has 3 aromatic heterocycles. The summed E-state index contributed by atoms with van der Waals surface area (Å²) in [5.74, 6) is 0.659. The molecule has 17 heavy (non-hydrogen) atoms. The predicted octanol–water partition coefficient (Wildman–Crippen LogP) is 3.13. The van der Waals surface area contributed by atoms with Crippen LogP contribution in [0.5, 0.6) is 0 Å². The molecule has 3 heterocycles. The van der Waals surface area contributed by atoms with Crippen molar-refractivity contribution in [2.75, 3.05) is 0 Å². The van der Waals surface area contributed by atoms with Gasteiger partial charge in [0.05, 0.1) is 11.2 Å². The standard InChI is InChI=1S/C11H8N3OS2/c15-14-10-7-16-6-9(10)13-11(14)17-5-8-3-1-2-4-12-8/h1-4,6-7H,5H2/q-1. The van der Waals surface area contributed by atoms with Gasteiger partial charge in [-0.1, -0.05) is 17.8 Å². The van der Waals surface area contributed by atoms with E-state index in [2.05, 4.69) is 9.97 Å². The maximum Gasteiger partial charge on any atom is 0.164 e. The summed E-state index contributed by atoms with van der Waals surface area (Å²) < 4.78 is 0.888. The number of thioether (sulfide) groups is 1. The molecule has 0 radical (unpaired) electrons. The molecule has 86 valence electrons. The lowest BCUT2D eigenvalue weighted by Gasteiger charge is -2.10. The second-order valence-electron chi connectivity index (χ2n) is 3.44. The topological polar surface area (TPSA) is 53.8 Å². The minimum absolute atomic E-state index is 0.494. The van der Waals surface area contributed by atoms with Crippen LogP contribution in [0.15, 0.2) is 40.3 Å². The highest BCUT2D eigenvalue weighted by molar-refractivity contribution is 7.98. The van der Waals surface area contributed by atoms with Gasteiger partial charge >= 0.3 is 0 Å². The molecule has 0 fully saturated rings. The van der Waals surface area contributed by atoms with Crippen LogP contribution in [-0.2, 0) is 5.75 Å². The molecule has 0 aliphatic rings. The molecule has 3 aromatic rings. The van der Waals surface area contributed by atoms with Gasteiger partial charge in [0, 0.05) is 22.7 Å². The van der Waals surface area contributed by atoms with E-state index < -0.39 is 0 Å². The van der Waals surface area contributed by atoms with E-state index >= 15 is 0 Å². The quantitative estimate of drug-likeness (QED) is 0.680. The van der Waals surface area contributed by atoms with Crippen molar-refractivity contribution < 1.29 is 0 Å². The largest absolute Gasteiger partial charge is 0.804 e. The van der Waals surface area contributed by atoms with Gasteiger partial charge in [-0.25, -0.2) is 4.98 Å². The summed E-state index contributed by atoms with van der Waals surface area (Å²) in [4.78, 5) is 8.49. The Balaban J connectivity index is 1.81. The molecule has 0 spiro atoms. The SMILES string of the molecule is [O-]n1c(SCc2ccccn2)nc2cscc21. The zero-order valence-electron chi connectivity index (χ0n) is 8.74. The van der Waals surface area contributed by atoms with Gasteiger partial charge < -0.3 is 9.94 Å². The maximum atomic E-state index is 11.8. The normalized spacial score (nSPS) is 11.1. The van der Waals surface area contributed by atoms with Gasteiger partial charge in [-0.05, 0) is 12.1 Å². The highest BCUT2D eigenvalue weighted by atomic mass is 32.2. The summed E-state index contributed by atoms with van der Waals surface area (Å²) in [5.41, 5.74) is 2.37. The molecule has 0 saturated carbocycles. The lowest BCUT2D eigenvalue weighted by molar-refractivity contribution is 0.926. The molecule has 0 saturated heterocycles. The second-order valence-corrected chi connectivity index (χ2v) is 5.13. The summed E-state index contributed by atoms with van der Waals surface area (Å²) in [6.07, 6.45) is 1.75. The predicted molar refractivity (Wildman–Crippen MR) is 70.2 cm³/mol. The van der Waals surface area contributed by atoms with Crippen LogP contribution < -0.4 is 0 Å². The van der Waals surface area contributed by atoms with E-state index in [0.29, 0.717) is 16.4 Å². The first-order chi connectivity index (χ1) is 8.34. The van der Waals surface area contributed by atoms with Crippen LogP contribution in [0.25, 0.3) is 11.0 Å². The summed E-state index contributed by atoms with van der Waals surface area (Å²) in [5, 5.41) is 16.0. The van der Waals surface area contributed by atoms with Crippen molar-refractivity contribution in [3.8, 4) is 0 Å². The van der Waals surface area contributed by atoms with Gasteiger partial charge in [0.15, 0.2) is 5.16 Å². The molecule has 0 amide bonds. The highest BCUT2D eigenvalue weighted by Crippen LogP contribution is 2.27. The fraction of sp³-hybridized carbons (Fsp3) is 0.0909. The van der Waals surface area contributed by atoms with Gasteiger partial charge in [-0.15, -0.1) is 11.3 Å². The highest BCUT2D eigenvalue weighted by Gasteiger charge is 2.06. The first-order valence-corrected chi connectivity index (χ1v) is 6.92. The zero-order chi connectivity index (χ0) is 11.7. The molecule has 0 atom stereocenters. The third kappa shape index (κ3) is 2.01. The molecule has 0 N–H and O–H groups in total. The van der Waals surface area contributed by atoms with Gasteiger partial charge in [0.25, 0.3) is 0 Å². The van der Waals surface area contributed by atoms with Crippen LogP contribution in [0, 0.1) is 5.21 Å². The van der Waals surface area contributed by atoms with Crippen LogP contribution in [0.1, 0.15) is 5.69 Å². The minimum Gasteiger partial charge on any atom is -0.804 e. The van der Waals surface area contributed by atoms with E-state index in [0.717, 1.165) is 15.9 Å². The van der Waals surface area contributed by atoms with Crippen LogP contribution in [0.4, 0.5) is 0 Å². The Morgan fingerprint density at radius 3 is 3.06 bits per heavy atom. The maximum absolute atomic E-state index is 11.8. The molecule has 0 aromatic carbocycles. The average Bonchev–Trinajstić information content (AvgIpc) is 2.92. The lowest BCUT2D eigenvalue weighted by Crippen LogP contribution is -1.90. The monoisotopic (exact) mass is 262 g/mol. The summed E-state index contributed by atoms with van der Waals surface area (Å²) in [6.45, 7) is 0. The van der Waals surface area contributed by atoms with E-state index in [-0.39, 0.29) is 0 Å². The van der Waals surface area contributed by atoms with Crippen LogP contribution in [-0.4, -0.2) is 14.7 Å². The first-order valence-electron chi connectivity index (χ1n) is 4.99. The molecule has 0 unspecified atom stereocenters. The molecule has 4 nitrogen and oxygen atoms in total. The van der Waals surface area contributed by atoms with Gasteiger partial charge in [0.2, 0.25) is 0 Å². The number of aromatic nitrogens is 3. The van der Waals surface area contributed by atoms with E-state index in [4.69, 9.17) is 0 Å². The van der Waals surface area contributed by atoms with Crippen LogP contribution in [0.3, 0.4) is 0 Å². The Morgan fingerprint density at radius 1 is 1.35 bits per heavy atom. The molecule has 6 heteroatoms. The molecule has 0 aliphatic carbocycles. The third-order valence-electron chi connectivity index (χ3n) is 2.31. The summed E-state index contributed by atoms with van der Waals surface area (Å²) >= 11 is 2.90. The number of hydrogen-bond acceptors (Lipinski definition) is 5. The zero-order valence-corrected chi connectivity index (χ0v) is 10.4. The Morgan fingerprint density at radius 2 is 2.29 bits per heavy atom. The number of nitrogens with zero attached hydrogens (tertiary/aromatic N) is 3. The van der Waals surface area contributed by atoms with Crippen molar-refractivity contribution in [1.82, 2.24) is 14.7 Å². The van der Waals surface area contributed by atoms with E-state index in [9.17, 15) is 5.21 Å². The Kier molecular flexibility index (Phi) is 2.74. The molecule has 0 bridgehead atoms. The van der Waals surface area contributed by atoms with E-state index in [1.54, 1.807) is 6.20 Å². The van der Waals surface area contributed by atoms with Crippen molar-refractivity contribution in [2.24, 2.45) is 0 Å². The number of imidazole rings is 1. The van der Waals surface area contributed by atoms with Crippen LogP contribution in [0.2, 0.25) is 0 Å². The fourth-order valence-electron chi connectivity index (χ4n) is 1.48. The van der Waals surface area contributed by atoms with E-state index in [1.807, 2.05) is 29.0 Å². The van der Waals surface area contributed by atoms with Gasteiger partial charge in [0.1, 0.15) is 5.52 Å². The summed E-state index contributed by atoms with van der Waals surface area (Å²) in [6, 6.07) is 5.75. The molecule has 3 rings (SSSR count). The van der Waals surface area contributed by atoms with Crippen molar-refractivity contribution in [3.05, 3.63) is 46.1 Å². The Hall–Kier alpha value is -1.53. The molecular formula is C11H8N3OS2-. The number of fused-ring (bicyclic) bond motifs is 1. The van der Waals surface area contributed by atoms with Crippen molar-refractivity contribution >= 4 is 34.1 Å². The lowest BCUT2D eigenvalue weighted by atomic mass is 10.4. The van der Waals surface area contributed by atoms with Crippen molar-refractivity contribution in [2.45, 2.75) is 10.9 Å². The second kappa shape index (κ2) is 4.38. The van der Waals surface area contributed by atoms with Crippen LogP contribution >= 0.6 is 23.1 Å². The van der Waals surface area contributed by atoms with E-state index in [1.165, 1.54) is 23.1 Å². The number of rotatable bonds is 3. The third-order valence-corrected chi connectivity index (χ3v) is 3.98. The smallest absolute Gasteiger partial charge is 0.164 e. The van der Waals surface area contributed by atoms with Gasteiger partial charge in [-0.3, -0.25) is 4.98 Å². The fourth-order valence-corrected chi connectivity index (χ4v) is 3.03. The minimum atomic E-state index is 0.494. The molecular weight excluding hydrogens is 254 g/mol. The average molecular weight is 262 g/mol. The number of hydrogen-bond donors (Lipinski definition) is 0. The van der Waals surface area contributed by atoms with Crippen molar-refractivity contribution in [1.29, 1.82) is 0 Å².